The van der Waals surface area contributed by atoms with E-state index in [-0.39, 0.29) is 0 Å². The van der Waals surface area contributed by atoms with Crippen molar-refractivity contribution in [1.29, 1.82) is 5.26 Å². The number of hydrogen-bond acceptors (Lipinski definition) is 2. The predicted octanol–water partition coefficient (Wildman–Crippen LogP) is 2.75. The molecule has 1 saturated carbocycles. The molecule has 1 aromatic carbocycles. The maximum Gasteiger partial charge on any atom is 0.124 e. The van der Waals surface area contributed by atoms with Crippen LogP contribution < -0.4 is 0 Å². The molecule has 0 aliphatic heterocycles. The first-order valence-electron chi connectivity index (χ1n) is 5.64. The largest absolute Gasteiger partial charge is 0.324 e. The van der Waals surface area contributed by atoms with Gasteiger partial charge >= 0.3 is 0 Å². The van der Waals surface area contributed by atoms with E-state index < -0.39 is 0 Å². The minimum atomic E-state index is 0.407. The highest BCUT2D eigenvalue weighted by Crippen LogP contribution is 2.38. The monoisotopic (exact) mass is 211 g/mol. The third-order valence-corrected chi connectivity index (χ3v) is 3.07. The number of benzene rings is 1. The molecule has 0 spiro atoms. The summed E-state index contributed by atoms with van der Waals surface area (Å²) in [6.45, 7) is 2.07. The average molecular weight is 211 g/mol. The topological polar surface area (TPSA) is 41.6 Å². The minimum absolute atomic E-state index is 0.407. The van der Waals surface area contributed by atoms with Gasteiger partial charge in [0.2, 0.25) is 0 Å². The number of hydrogen-bond donors (Lipinski definition) is 0. The molecule has 1 heterocycles. The van der Waals surface area contributed by atoms with Crippen LogP contribution in [0.5, 0.6) is 0 Å². The Morgan fingerprint density at radius 2 is 2.31 bits per heavy atom. The lowest BCUT2D eigenvalue weighted by Gasteiger charge is -2.04. The second-order valence-electron chi connectivity index (χ2n) is 4.46. The summed E-state index contributed by atoms with van der Waals surface area (Å²) in [6, 6.07) is 9.10. The normalized spacial score (nSPS) is 15.2. The maximum absolute atomic E-state index is 8.82. The van der Waals surface area contributed by atoms with Gasteiger partial charge in [0.05, 0.1) is 23.5 Å². The molecule has 0 bridgehead atoms. The second-order valence-corrected chi connectivity index (χ2v) is 4.46. The van der Waals surface area contributed by atoms with Crippen LogP contribution in [-0.4, -0.2) is 9.55 Å². The first-order chi connectivity index (χ1) is 7.79. The third kappa shape index (κ3) is 1.38. The van der Waals surface area contributed by atoms with E-state index in [9.17, 15) is 0 Å². The Hall–Kier alpha value is -1.82. The molecule has 3 rings (SSSR count). The Morgan fingerprint density at radius 3 is 3.00 bits per heavy atom. The summed E-state index contributed by atoms with van der Waals surface area (Å²) < 4.78 is 2.25. The lowest BCUT2D eigenvalue weighted by atomic mass is 10.2. The molecule has 0 saturated heterocycles. The van der Waals surface area contributed by atoms with Crippen LogP contribution >= 0.6 is 0 Å². The molecule has 1 fully saturated rings. The first-order valence-corrected chi connectivity index (χ1v) is 5.64. The van der Waals surface area contributed by atoms with Crippen LogP contribution in [0.2, 0.25) is 0 Å². The first kappa shape index (κ1) is 9.41. The smallest absolute Gasteiger partial charge is 0.124 e. The SMILES string of the molecule is Cc1ccc2c(c1)nc(CC#N)n2C1CC1. The molecule has 16 heavy (non-hydrogen) atoms. The van der Waals surface area contributed by atoms with Gasteiger partial charge in [-0.3, -0.25) is 0 Å². The van der Waals surface area contributed by atoms with Crippen molar-refractivity contribution in [3.05, 3.63) is 29.6 Å². The maximum atomic E-state index is 8.82. The number of aromatic nitrogens is 2. The van der Waals surface area contributed by atoms with Crippen molar-refractivity contribution in [2.75, 3.05) is 0 Å². The Labute approximate surface area is 94.3 Å². The summed E-state index contributed by atoms with van der Waals surface area (Å²) in [6.07, 6.45) is 2.85. The van der Waals surface area contributed by atoms with E-state index in [1.807, 2.05) is 0 Å². The zero-order valence-corrected chi connectivity index (χ0v) is 9.27. The minimum Gasteiger partial charge on any atom is -0.324 e. The van der Waals surface area contributed by atoms with Crippen LogP contribution in [0.3, 0.4) is 0 Å². The van der Waals surface area contributed by atoms with Crippen molar-refractivity contribution >= 4 is 11.0 Å². The third-order valence-electron chi connectivity index (χ3n) is 3.07. The van der Waals surface area contributed by atoms with Crippen molar-refractivity contribution in [3.63, 3.8) is 0 Å². The fraction of sp³-hybridized carbons (Fsp3) is 0.385. The van der Waals surface area contributed by atoms with Crippen molar-refractivity contribution in [2.24, 2.45) is 0 Å². The van der Waals surface area contributed by atoms with E-state index in [0.717, 1.165) is 11.3 Å². The predicted molar refractivity (Wildman–Crippen MR) is 62.1 cm³/mol. The molecule has 1 aromatic heterocycles. The van der Waals surface area contributed by atoms with Gasteiger partial charge in [-0.15, -0.1) is 0 Å². The van der Waals surface area contributed by atoms with Crippen molar-refractivity contribution in [3.8, 4) is 6.07 Å². The van der Waals surface area contributed by atoms with Crippen molar-refractivity contribution in [2.45, 2.75) is 32.2 Å². The van der Waals surface area contributed by atoms with Gasteiger partial charge in [0.15, 0.2) is 0 Å². The zero-order valence-electron chi connectivity index (χ0n) is 9.27. The van der Waals surface area contributed by atoms with E-state index in [2.05, 4.69) is 40.7 Å². The van der Waals surface area contributed by atoms with E-state index >= 15 is 0 Å². The molecule has 2 aromatic rings. The zero-order chi connectivity index (χ0) is 11.1. The fourth-order valence-electron chi connectivity index (χ4n) is 2.19. The van der Waals surface area contributed by atoms with Crippen LogP contribution in [-0.2, 0) is 6.42 Å². The molecular weight excluding hydrogens is 198 g/mol. The highest BCUT2D eigenvalue weighted by atomic mass is 15.1. The molecular formula is C13H13N3. The summed E-state index contributed by atoms with van der Waals surface area (Å²) >= 11 is 0. The quantitative estimate of drug-likeness (QED) is 0.766. The standard InChI is InChI=1S/C13H13N3/c1-9-2-5-12-11(8-9)15-13(6-7-14)16(12)10-3-4-10/h2,5,8,10H,3-4,6H2,1H3. The van der Waals surface area contributed by atoms with Gasteiger partial charge in [-0.1, -0.05) is 6.07 Å². The highest BCUT2D eigenvalue weighted by molar-refractivity contribution is 5.77. The van der Waals surface area contributed by atoms with Crippen molar-refractivity contribution in [1.82, 2.24) is 9.55 Å². The summed E-state index contributed by atoms with van der Waals surface area (Å²) in [7, 11) is 0. The van der Waals surface area contributed by atoms with Crippen LogP contribution in [0.1, 0.15) is 30.3 Å². The molecule has 1 aliphatic rings. The van der Waals surface area contributed by atoms with Gasteiger partial charge in [-0.05, 0) is 37.5 Å². The molecule has 80 valence electrons. The van der Waals surface area contributed by atoms with Gasteiger partial charge < -0.3 is 4.57 Å². The van der Waals surface area contributed by atoms with Gasteiger partial charge in [-0.25, -0.2) is 4.98 Å². The molecule has 0 N–H and O–H groups in total. The molecule has 0 radical (unpaired) electrons. The Morgan fingerprint density at radius 1 is 1.50 bits per heavy atom. The van der Waals surface area contributed by atoms with Gasteiger partial charge in [-0.2, -0.15) is 5.26 Å². The Balaban J connectivity index is 2.24. The fourth-order valence-corrected chi connectivity index (χ4v) is 2.19. The van der Waals surface area contributed by atoms with Crippen LogP contribution in [0.15, 0.2) is 18.2 Å². The molecule has 0 unspecified atom stereocenters. The lowest BCUT2D eigenvalue weighted by Crippen LogP contribution is -2.00. The van der Waals surface area contributed by atoms with E-state index in [0.29, 0.717) is 12.5 Å². The summed E-state index contributed by atoms with van der Waals surface area (Å²) in [5.74, 6) is 0.922. The average Bonchev–Trinajstić information content (AvgIpc) is 3.02. The summed E-state index contributed by atoms with van der Waals surface area (Å²) in [5, 5.41) is 8.82. The molecule has 0 atom stereocenters. The summed E-state index contributed by atoms with van der Waals surface area (Å²) in [4.78, 5) is 4.56. The van der Waals surface area contributed by atoms with Crippen LogP contribution in [0, 0.1) is 18.3 Å². The Kier molecular flexibility index (Phi) is 1.97. The highest BCUT2D eigenvalue weighted by Gasteiger charge is 2.27. The van der Waals surface area contributed by atoms with E-state index in [1.54, 1.807) is 0 Å². The van der Waals surface area contributed by atoms with Gasteiger partial charge in [0, 0.05) is 6.04 Å². The molecule has 0 amide bonds. The Bertz CT molecular complexity index is 585. The number of fused-ring (bicyclic) bond motifs is 1. The molecule has 1 aliphatic carbocycles. The number of nitriles is 1. The van der Waals surface area contributed by atoms with Gasteiger partial charge in [0.25, 0.3) is 0 Å². The van der Waals surface area contributed by atoms with E-state index in [4.69, 9.17) is 5.26 Å². The number of nitrogens with zero attached hydrogens (tertiary/aromatic N) is 3. The van der Waals surface area contributed by atoms with Gasteiger partial charge in [0.1, 0.15) is 5.82 Å². The van der Waals surface area contributed by atoms with E-state index in [1.165, 1.54) is 23.9 Å². The molecule has 3 heteroatoms. The number of aryl methyl sites for hydroxylation is 1. The van der Waals surface area contributed by atoms with Crippen LogP contribution in [0.4, 0.5) is 0 Å². The van der Waals surface area contributed by atoms with Crippen LogP contribution in [0.25, 0.3) is 11.0 Å². The number of rotatable bonds is 2. The number of imidazole rings is 1. The van der Waals surface area contributed by atoms with Crippen molar-refractivity contribution < 1.29 is 0 Å². The second kappa shape index (κ2) is 3.34. The molecule has 3 nitrogen and oxygen atoms in total. The lowest BCUT2D eigenvalue weighted by molar-refractivity contribution is 0.721. The summed E-state index contributed by atoms with van der Waals surface area (Å²) in [5.41, 5.74) is 3.42.